The number of hydrogen-bond donors (Lipinski definition) is 2. The number of nitrogens with one attached hydrogen (secondary N) is 2. The van der Waals surface area contributed by atoms with Gasteiger partial charge in [0.25, 0.3) is 0 Å². The van der Waals surface area contributed by atoms with Gasteiger partial charge in [0.2, 0.25) is 10.0 Å². The van der Waals surface area contributed by atoms with Gasteiger partial charge in [-0.05, 0) is 63.0 Å². The molecule has 1 aromatic rings. The smallest absolute Gasteiger partial charge is 0.243 e. The van der Waals surface area contributed by atoms with Crippen molar-refractivity contribution in [3.63, 3.8) is 0 Å². The molecule has 2 N–H and O–H groups in total. The Morgan fingerprint density at radius 1 is 1.14 bits per heavy atom. The van der Waals surface area contributed by atoms with E-state index in [-0.39, 0.29) is 0 Å². The van der Waals surface area contributed by atoms with Crippen molar-refractivity contribution in [1.82, 2.24) is 14.9 Å². The standard InChI is InChI=1S/C22H34N4O2S/c1-23-22(24-15-12-19-8-4-2-5-9-19)25-18-20-13-16-26(17-14-20)29(27,28)21-10-6-3-7-11-21/h3,6-8,10-11,20H,2,4-5,9,12-18H2,1H3,(H2,23,24,25). The molecule has 0 spiro atoms. The number of benzene rings is 1. The topological polar surface area (TPSA) is 73.8 Å². The molecule has 7 heteroatoms. The van der Waals surface area contributed by atoms with Gasteiger partial charge in [0, 0.05) is 33.2 Å². The predicted molar refractivity (Wildman–Crippen MR) is 118 cm³/mol. The van der Waals surface area contributed by atoms with Crippen LogP contribution in [0.1, 0.15) is 44.9 Å². The second kappa shape index (κ2) is 10.8. The van der Waals surface area contributed by atoms with Gasteiger partial charge in [-0.1, -0.05) is 29.8 Å². The average Bonchev–Trinajstić information content (AvgIpc) is 2.77. The Kier molecular flexibility index (Phi) is 8.12. The third-order valence-corrected chi connectivity index (χ3v) is 7.77. The average molecular weight is 419 g/mol. The maximum atomic E-state index is 12.7. The summed E-state index contributed by atoms with van der Waals surface area (Å²) in [6.45, 7) is 2.87. The lowest BCUT2D eigenvalue weighted by Crippen LogP contribution is -2.44. The van der Waals surface area contributed by atoms with Gasteiger partial charge in [0.05, 0.1) is 4.90 Å². The Morgan fingerprint density at radius 2 is 1.90 bits per heavy atom. The molecule has 0 bridgehead atoms. The van der Waals surface area contributed by atoms with E-state index in [0.717, 1.165) is 38.3 Å². The SMILES string of the molecule is CN=C(NCCC1=CCCCC1)NCC1CCN(S(=O)(=O)c2ccccc2)CC1. The molecule has 0 saturated carbocycles. The highest BCUT2D eigenvalue weighted by atomic mass is 32.2. The molecule has 0 aromatic heterocycles. The van der Waals surface area contributed by atoms with Crippen molar-refractivity contribution in [3.05, 3.63) is 42.0 Å². The first kappa shape index (κ1) is 21.8. The Bertz CT molecular complexity index is 797. The molecule has 3 rings (SSSR count). The van der Waals surface area contributed by atoms with E-state index in [1.165, 1.54) is 25.7 Å². The first-order chi connectivity index (χ1) is 14.1. The van der Waals surface area contributed by atoms with Crippen LogP contribution in [0.4, 0.5) is 0 Å². The van der Waals surface area contributed by atoms with Gasteiger partial charge in [-0.15, -0.1) is 0 Å². The lowest BCUT2D eigenvalue weighted by Gasteiger charge is -2.31. The van der Waals surface area contributed by atoms with Crippen LogP contribution in [0.3, 0.4) is 0 Å². The van der Waals surface area contributed by atoms with Crippen LogP contribution >= 0.6 is 0 Å². The van der Waals surface area contributed by atoms with Gasteiger partial charge in [-0.25, -0.2) is 8.42 Å². The van der Waals surface area contributed by atoms with E-state index in [9.17, 15) is 8.42 Å². The molecule has 1 heterocycles. The summed E-state index contributed by atoms with van der Waals surface area (Å²) >= 11 is 0. The van der Waals surface area contributed by atoms with Crippen LogP contribution in [0.5, 0.6) is 0 Å². The molecule has 160 valence electrons. The molecular weight excluding hydrogens is 384 g/mol. The van der Waals surface area contributed by atoms with Gasteiger partial charge < -0.3 is 10.6 Å². The summed E-state index contributed by atoms with van der Waals surface area (Å²) in [5.74, 6) is 1.29. The maximum absolute atomic E-state index is 12.7. The van der Waals surface area contributed by atoms with Crippen LogP contribution in [-0.2, 0) is 10.0 Å². The molecule has 0 radical (unpaired) electrons. The highest BCUT2D eigenvalue weighted by Crippen LogP contribution is 2.23. The fourth-order valence-electron chi connectivity index (χ4n) is 4.03. The summed E-state index contributed by atoms with van der Waals surface area (Å²) in [4.78, 5) is 4.70. The second-order valence-electron chi connectivity index (χ2n) is 7.90. The predicted octanol–water partition coefficient (Wildman–Crippen LogP) is 3.14. The van der Waals surface area contributed by atoms with Crippen LogP contribution in [0.15, 0.2) is 51.9 Å². The Labute approximate surface area is 175 Å². The molecule has 1 fully saturated rings. The summed E-state index contributed by atoms with van der Waals surface area (Å²) in [6, 6.07) is 8.72. The van der Waals surface area contributed by atoms with Gasteiger partial charge in [-0.3, -0.25) is 4.99 Å². The fourth-order valence-corrected chi connectivity index (χ4v) is 5.52. The van der Waals surface area contributed by atoms with E-state index in [1.807, 2.05) is 6.07 Å². The molecule has 1 aromatic carbocycles. The number of allylic oxidation sites excluding steroid dienone is 1. The molecule has 2 aliphatic rings. The van der Waals surface area contributed by atoms with E-state index in [2.05, 4.69) is 21.7 Å². The molecule has 1 aliphatic carbocycles. The van der Waals surface area contributed by atoms with Crippen molar-refractivity contribution in [1.29, 1.82) is 0 Å². The summed E-state index contributed by atoms with van der Waals surface area (Å²) in [6.07, 6.45) is 10.3. The molecular formula is C22H34N4O2S. The molecule has 0 amide bonds. The third kappa shape index (κ3) is 6.31. The zero-order valence-electron chi connectivity index (χ0n) is 17.4. The highest BCUT2D eigenvalue weighted by molar-refractivity contribution is 7.89. The summed E-state index contributed by atoms with van der Waals surface area (Å²) in [5.41, 5.74) is 1.56. The molecule has 0 atom stereocenters. The molecule has 29 heavy (non-hydrogen) atoms. The van der Waals surface area contributed by atoms with E-state index < -0.39 is 10.0 Å². The first-order valence-electron chi connectivity index (χ1n) is 10.8. The van der Waals surface area contributed by atoms with Crippen molar-refractivity contribution < 1.29 is 8.42 Å². The van der Waals surface area contributed by atoms with Gasteiger partial charge in [-0.2, -0.15) is 4.31 Å². The van der Waals surface area contributed by atoms with E-state index >= 15 is 0 Å². The minimum atomic E-state index is -3.37. The number of piperidine rings is 1. The monoisotopic (exact) mass is 418 g/mol. The lowest BCUT2D eigenvalue weighted by molar-refractivity contribution is 0.273. The van der Waals surface area contributed by atoms with Crippen molar-refractivity contribution >= 4 is 16.0 Å². The van der Waals surface area contributed by atoms with Crippen molar-refractivity contribution in [2.24, 2.45) is 10.9 Å². The molecule has 1 saturated heterocycles. The number of rotatable bonds is 7. The fraction of sp³-hybridized carbons (Fsp3) is 0.591. The molecule has 6 nitrogen and oxygen atoms in total. The normalized spacial score (nSPS) is 19.6. The van der Waals surface area contributed by atoms with E-state index in [0.29, 0.717) is 23.9 Å². The summed E-state index contributed by atoms with van der Waals surface area (Å²) in [7, 11) is -1.58. The Hall–Kier alpha value is -1.86. The summed E-state index contributed by atoms with van der Waals surface area (Å²) in [5, 5.41) is 6.82. The zero-order chi connectivity index (χ0) is 20.5. The lowest BCUT2D eigenvalue weighted by atomic mass is 9.97. The number of aliphatic imine (C=N–C) groups is 1. The maximum Gasteiger partial charge on any atom is 0.243 e. The minimum Gasteiger partial charge on any atom is -0.356 e. The van der Waals surface area contributed by atoms with Crippen LogP contribution in [0, 0.1) is 5.92 Å². The van der Waals surface area contributed by atoms with Crippen molar-refractivity contribution in [2.75, 3.05) is 33.2 Å². The first-order valence-corrected chi connectivity index (χ1v) is 12.2. The number of guanidine groups is 1. The molecule has 1 aliphatic heterocycles. The minimum absolute atomic E-state index is 0.384. The number of nitrogens with zero attached hydrogens (tertiary/aromatic N) is 2. The number of hydrogen-bond acceptors (Lipinski definition) is 3. The van der Waals surface area contributed by atoms with Crippen molar-refractivity contribution in [3.8, 4) is 0 Å². The third-order valence-electron chi connectivity index (χ3n) is 5.86. The van der Waals surface area contributed by atoms with Gasteiger partial charge in [0.15, 0.2) is 5.96 Å². The second-order valence-corrected chi connectivity index (χ2v) is 9.84. The van der Waals surface area contributed by atoms with Crippen LogP contribution in [-0.4, -0.2) is 51.9 Å². The highest BCUT2D eigenvalue weighted by Gasteiger charge is 2.29. The van der Waals surface area contributed by atoms with E-state index in [1.54, 1.807) is 41.2 Å². The quantitative estimate of drug-likeness (QED) is 0.405. The van der Waals surface area contributed by atoms with Gasteiger partial charge in [0.1, 0.15) is 0 Å². The summed E-state index contributed by atoms with van der Waals surface area (Å²) < 4.78 is 27.1. The zero-order valence-corrected chi connectivity index (χ0v) is 18.3. The Morgan fingerprint density at radius 3 is 2.55 bits per heavy atom. The van der Waals surface area contributed by atoms with Crippen LogP contribution < -0.4 is 10.6 Å². The number of sulfonamides is 1. The van der Waals surface area contributed by atoms with Crippen LogP contribution in [0.25, 0.3) is 0 Å². The van der Waals surface area contributed by atoms with E-state index in [4.69, 9.17) is 0 Å². The van der Waals surface area contributed by atoms with Gasteiger partial charge >= 0.3 is 0 Å². The van der Waals surface area contributed by atoms with Crippen LogP contribution in [0.2, 0.25) is 0 Å². The molecule has 0 unspecified atom stereocenters. The Balaban J connectivity index is 1.39. The van der Waals surface area contributed by atoms with Crippen molar-refractivity contribution in [2.45, 2.75) is 49.8 Å². The largest absolute Gasteiger partial charge is 0.356 e.